The highest BCUT2D eigenvalue weighted by Gasteiger charge is 2.08. The summed E-state index contributed by atoms with van der Waals surface area (Å²) in [6.45, 7) is 6.10. The molecule has 2 heterocycles. The van der Waals surface area contributed by atoms with Gasteiger partial charge in [-0.1, -0.05) is 19.9 Å². The lowest BCUT2D eigenvalue weighted by Gasteiger charge is -2.05. The van der Waals surface area contributed by atoms with E-state index in [4.69, 9.17) is 0 Å². The van der Waals surface area contributed by atoms with Crippen LogP contribution in [-0.2, 0) is 12.8 Å². The van der Waals surface area contributed by atoms with Gasteiger partial charge in [-0.2, -0.15) is 5.10 Å². The maximum atomic E-state index is 4.54. The summed E-state index contributed by atoms with van der Waals surface area (Å²) < 4.78 is 0. The summed E-state index contributed by atoms with van der Waals surface area (Å²) in [5.74, 6) is 0.614. The Labute approximate surface area is 101 Å². The zero-order valence-corrected chi connectivity index (χ0v) is 10.4. The molecule has 0 saturated heterocycles. The van der Waals surface area contributed by atoms with Gasteiger partial charge in [0.2, 0.25) is 5.82 Å². The molecule has 0 spiro atoms. The molecule has 2 aromatic rings. The predicted octanol–water partition coefficient (Wildman–Crippen LogP) is 2.37. The molecule has 0 atom stereocenters. The lowest BCUT2D eigenvalue weighted by atomic mass is 10.2. The minimum Gasteiger partial charge on any atom is -0.250 e. The normalized spacial score (nSPS) is 10.5. The average molecular weight is 228 g/mol. The molecule has 0 aromatic carbocycles. The zero-order chi connectivity index (χ0) is 12.3. The molecule has 0 aliphatic rings. The maximum absolute atomic E-state index is 4.54. The third-order valence-electron chi connectivity index (χ3n) is 2.63. The van der Waals surface area contributed by atoms with Gasteiger partial charge in [-0.05, 0) is 31.9 Å². The van der Waals surface area contributed by atoms with Crippen LogP contribution in [0.1, 0.15) is 30.9 Å². The summed E-state index contributed by atoms with van der Waals surface area (Å²) in [4.78, 5) is 8.95. The Morgan fingerprint density at radius 3 is 2.35 bits per heavy atom. The van der Waals surface area contributed by atoms with Crippen LogP contribution in [0.3, 0.4) is 0 Å². The molecule has 4 heteroatoms. The van der Waals surface area contributed by atoms with Gasteiger partial charge in [0.25, 0.3) is 0 Å². The third kappa shape index (κ3) is 2.46. The molecule has 88 valence electrons. The summed E-state index contributed by atoms with van der Waals surface area (Å²) in [5.41, 5.74) is 3.74. The Kier molecular flexibility index (Phi) is 3.42. The molecule has 0 saturated carbocycles. The smallest absolute Gasteiger partial charge is 0.200 e. The number of pyridine rings is 1. The van der Waals surface area contributed by atoms with Crippen LogP contribution in [0.2, 0.25) is 0 Å². The fourth-order valence-electron chi connectivity index (χ4n) is 1.71. The van der Waals surface area contributed by atoms with E-state index in [1.807, 2.05) is 25.1 Å². The molecule has 17 heavy (non-hydrogen) atoms. The second-order valence-corrected chi connectivity index (χ2v) is 3.90. The van der Waals surface area contributed by atoms with Crippen molar-refractivity contribution in [3.8, 4) is 11.5 Å². The minimum absolute atomic E-state index is 0.614. The monoisotopic (exact) mass is 228 g/mol. The fraction of sp³-hybridized carbons (Fsp3) is 0.385. The lowest BCUT2D eigenvalue weighted by Crippen LogP contribution is -2.05. The van der Waals surface area contributed by atoms with Crippen LogP contribution in [0.4, 0.5) is 0 Å². The topological polar surface area (TPSA) is 51.6 Å². The van der Waals surface area contributed by atoms with Crippen molar-refractivity contribution in [2.75, 3.05) is 0 Å². The van der Waals surface area contributed by atoms with Crippen LogP contribution >= 0.6 is 0 Å². The molecule has 4 nitrogen and oxygen atoms in total. The molecule has 2 rings (SSSR count). The second-order valence-electron chi connectivity index (χ2n) is 3.90. The number of hydrogen-bond donors (Lipinski definition) is 0. The van der Waals surface area contributed by atoms with Crippen molar-refractivity contribution in [1.29, 1.82) is 0 Å². The first kappa shape index (κ1) is 11.6. The molecule has 0 N–H and O–H groups in total. The zero-order valence-electron chi connectivity index (χ0n) is 10.4. The van der Waals surface area contributed by atoms with Gasteiger partial charge in [0.1, 0.15) is 5.69 Å². The molecule has 0 unspecified atom stereocenters. The van der Waals surface area contributed by atoms with Gasteiger partial charge in [0.15, 0.2) is 0 Å². The van der Waals surface area contributed by atoms with Crippen LogP contribution in [0.5, 0.6) is 0 Å². The first-order valence-corrected chi connectivity index (χ1v) is 5.91. The van der Waals surface area contributed by atoms with Crippen molar-refractivity contribution in [1.82, 2.24) is 20.2 Å². The first-order valence-electron chi connectivity index (χ1n) is 5.91. The maximum Gasteiger partial charge on any atom is 0.200 e. The van der Waals surface area contributed by atoms with E-state index >= 15 is 0 Å². The van der Waals surface area contributed by atoms with Gasteiger partial charge in [0, 0.05) is 5.69 Å². The van der Waals surface area contributed by atoms with E-state index in [2.05, 4.69) is 34.0 Å². The van der Waals surface area contributed by atoms with Crippen LogP contribution in [-0.4, -0.2) is 20.2 Å². The van der Waals surface area contributed by atoms with E-state index in [0.717, 1.165) is 35.6 Å². The van der Waals surface area contributed by atoms with E-state index < -0.39 is 0 Å². The number of rotatable bonds is 3. The summed E-state index contributed by atoms with van der Waals surface area (Å²) >= 11 is 0. The quantitative estimate of drug-likeness (QED) is 0.809. The largest absolute Gasteiger partial charge is 0.250 e. The van der Waals surface area contributed by atoms with Crippen LogP contribution in [0.15, 0.2) is 18.2 Å². The molecular formula is C13H16N4. The molecule has 0 amide bonds. The second kappa shape index (κ2) is 4.99. The average Bonchev–Trinajstić information content (AvgIpc) is 2.38. The Balaban J connectivity index is 2.46. The highest BCUT2D eigenvalue weighted by Crippen LogP contribution is 2.13. The summed E-state index contributed by atoms with van der Waals surface area (Å²) in [7, 11) is 0. The van der Waals surface area contributed by atoms with Crippen LogP contribution in [0, 0.1) is 6.92 Å². The molecular weight excluding hydrogens is 212 g/mol. The Morgan fingerprint density at radius 1 is 0.941 bits per heavy atom. The van der Waals surface area contributed by atoms with Crippen molar-refractivity contribution in [2.24, 2.45) is 0 Å². The van der Waals surface area contributed by atoms with Crippen molar-refractivity contribution in [3.05, 3.63) is 35.3 Å². The van der Waals surface area contributed by atoms with E-state index in [9.17, 15) is 0 Å². The van der Waals surface area contributed by atoms with Crippen molar-refractivity contribution >= 4 is 0 Å². The molecule has 0 fully saturated rings. The summed E-state index contributed by atoms with van der Waals surface area (Å²) in [5, 5.41) is 8.37. The summed E-state index contributed by atoms with van der Waals surface area (Å²) in [6, 6.07) is 5.83. The van der Waals surface area contributed by atoms with Crippen LogP contribution in [0.25, 0.3) is 11.5 Å². The first-order chi connectivity index (χ1) is 8.24. The number of hydrogen-bond acceptors (Lipinski definition) is 4. The molecule has 0 aliphatic heterocycles. The number of aromatic nitrogens is 4. The predicted molar refractivity (Wildman–Crippen MR) is 66.6 cm³/mol. The van der Waals surface area contributed by atoms with Crippen molar-refractivity contribution < 1.29 is 0 Å². The van der Waals surface area contributed by atoms with Gasteiger partial charge in [0.05, 0.1) is 11.4 Å². The van der Waals surface area contributed by atoms with Crippen molar-refractivity contribution in [3.63, 3.8) is 0 Å². The minimum atomic E-state index is 0.614. The summed E-state index contributed by atoms with van der Waals surface area (Å²) in [6.07, 6.45) is 1.74. The fourth-order valence-corrected chi connectivity index (χ4v) is 1.71. The highest BCUT2D eigenvalue weighted by atomic mass is 15.2. The Bertz CT molecular complexity index is 523. The molecule has 0 aliphatic carbocycles. The Morgan fingerprint density at radius 2 is 1.71 bits per heavy atom. The molecule has 0 bridgehead atoms. The van der Waals surface area contributed by atoms with E-state index in [1.165, 1.54) is 0 Å². The lowest BCUT2D eigenvalue weighted by molar-refractivity contribution is 0.825. The molecule has 0 radical (unpaired) electrons. The third-order valence-corrected chi connectivity index (χ3v) is 2.63. The van der Waals surface area contributed by atoms with Gasteiger partial charge < -0.3 is 0 Å². The Hall–Kier alpha value is -1.84. The van der Waals surface area contributed by atoms with Gasteiger partial charge >= 0.3 is 0 Å². The van der Waals surface area contributed by atoms with E-state index in [0.29, 0.717) is 5.82 Å². The van der Waals surface area contributed by atoms with Gasteiger partial charge in [-0.25, -0.2) is 9.97 Å². The van der Waals surface area contributed by atoms with Gasteiger partial charge in [-0.15, -0.1) is 5.10 Å². The highest BCUT2D eigenvalue weighted by molar-refractivity contribution is 5.48. The standard InChI is InChI=1S/C13H16N4/c1-4-10-11(5-2)16-17-13(15-10)12-8-6-7-9(3)14-12/h6-8H,4-5H2,1-3H3. The van der Waals surface area contributed by atoms with Crippen molar-refractivity contribution in [2.45, 2.75) is 33.6 Å². The van der Waals surface area contributed by atoms with E-state index in [-0.39, 0.29) is 0 Å². The molecule has 2 aromatic heterocycles. The number of nitrogens with zero attached hydrogens (tertiary/aromatic N) is 4. The van der Waals surface area contributed by atoms with Crippen LogP contribution < -0.4 is 0 Å². The number of aryl methyl sites for hydroxylation is 3. The van der Waals surface area contributed by atoms with Gasteiger partial charge in [-0.3, -0.25) is 0 Å². The van der Waals surface area contributed by atoms with E-state index in [1.54, 1.807) is 0 Å². The SMILES string of the molecule is CCc1nnc(-c2cccc(C)n2)nc1CC.